The number of halogens is 2. The molecule has 0 radical (unpaired) electrons. The summed E-state index contributed by atoms with van der Waals surface area (Å²) in [4.78, 5) is 18.1. The van der Waals surface area contributed by atoms with E-state index >= 15 is 4.39 Å². The first-order valence-electron chi connectivity index (χ1n) is 15.6. The van der Waals surface area contributed by atoms with Gasteiger partial charge in [0.1, 0.15) is 11.7 Å². The number of rotatable bonds is 14. The number of nitrogens with one attached hydrogen (secondary N) is 2. The summed E-state index contributed by atoms with van der Waals surface area (Å²) in [5, 5.41) is 3.31. The van der Waals surface area contributed by atoms with Crippen molar-refractivity contribution in [2.75, 3.05) is 52.6 Å². The predicted molar refractivity (Wildman–Crippen MR) is 175 cm³/mol. The Hall–Kier alpha value is -3.03. The van der Waals surface area contributed by atoms with Gasteiger partial charge in [0.25, 0.3) is 0 Å². The van der Waals surface area contributed by atoms with Crippen LogP contribution in [0.3, 0.4) is 0 Å². The van der Waals surface area contributed by atoms with Gasteiger partial charge in [0.15, 0.2) is 17.3 Å². The Balaban J connectivity index is 1.49. The summed E-state index contributed by atoms with van der Waals surface area (Å²) in [6.07, 6.45) is 0.783. The fourth-order valence-electron chi connectivity index (χ4n) is 5.72. The Morgan fingerprint density at radius 2 is 1.91 bits per heavy atom. The van der Waals surface area contributed by atoms with Gasteiger partial charge in [-0.25, -0.2) is 27.2 Å². The summed E-state index contributed by atoms with van der Waals surface area (Å²) < 4.78 is 65.9. The van der Waals surface area contributed by atoms with Crippen LogP contribution in [-0.4, -0.2) is 89.7 Å². The largest absolute Gasteiger partial charge is 0.481 e. The molecule has 1 saturated heterocycles. The second-order valence-corrected chi connectivity index (χ2v) is 14.6. The maximum atomic E-state index is 15.5. The van der Waals surface area contributed by atoms with E-state index in [1.165, 1.54) is 12.1 Å². The molecule has 1 amide bonds. The van der Waals surface area contributed by atoms with Crippen LogP contribution in [0, 0.1) is 12.4 Å². The third-order valence-corrected chi connectivity index (χ3v) is 9.38. The van der Waals surface area contributed by atoms with E-state index in [0.717, 1.165) is 24.5 Å². The lowest BCUT2D eigenvalue weighted by molar-refractivity contribution is 0.0354. The molecule has 4 rings (SSSR count). The average molecular weight is 696 g/mol. The van der Waals surface area contributed by atoms with Crippen LogP contribution in [0.5, 0.6) is 5.75 Å². The number of likely N-dealkylation sites (tertiary alicyclic amines) is 1. The minimum atomic E-state index is -4.02. The van der Waals surface area contributed by atoms with Gasteiger partial charge < -0.3 is 30.0 Å². The fraction of sp³-hybridized carbons (Fsp3) is 0.562. The molecule has 258 valence electrons. The van der Waals surface area contributed by atoms with Gasteiger partial charge in [-0.2, -0.15) is 0 Å². The topological polar surface area (TPSA) is 146 Å². The Morgan fingerprint density at radius 1 is 1.17 bits per heavy atom. The Morgan fingerprint density at radius 3 is 2.60 bits per heavy atom. The highest BCUT2D eigenvalue weighted by atomic mass is 35.5. The second-order valence-electron chi connectivity index (χ2n) is 12.4. The molecular formula is C32H43ClFN5O7S. The molecule has 3 atom stereocenters. The summed E-state index contributed by atoms with van der Waals surface area (Å²) in [6.45, 7) is 15.9. The maximum Gasteiger partial charge on any atom is 0.407 e. The van der Waals surface area contributed by atoms with Crippen LogP contribution >= 0.6 is 11.6 Å². The van der Waals surface area contributed by atoms with E-state index in [4.69, 9.17) is 42.9 Å². The van der Waals surface area contributed by atoms with E-state index in [1.54, 1.807) is 32.9 Å². The monoisotopic (exact) mass is 695 g/mol. The molecule has 1 aliphatic carbocycles. The minimum absolute atomic E-state index is 0.0105. The van der Waals surface area contributed by atoms with Crippen molar-refractivity contribution in [2.24, 2.45) is 5.73 Å². The number of ether oxygens (including phenoxy) is 4. The first-order chi connectivity index (χ1) is 22.3. The molecule has 1 heterocycles. The van der Waals surface area contributed by atoms with Crippen LogP contribution in [0.2, 0.25) is 5.02 Å². The lowest BCUT2D eigenvalue weighted by Gasteiger charge is -2.39. The van der Waals surface area contributed by atoms with E-state index in [-0.39, 0.29) is 42.5 Å². The van der Waals surface area contributed by atoms with Crippen LogP contribution < -0.4 is 20.5 Å². The molecule has 0 aromatic heterocycles. The van der Waals surface area contributed by atoms with Crippen molar-refractivity contribution in [3.63, 3.8) is 0 Å². The van der Waals surface area contributed by atoms with Gasteiger partial charge in [-0.1, -0.05) is 11.6 Å². The van der Waals surface area contributed by atoms with Crippen LogP contribution in [0.1, 0.15) is 50.8 Å². The number of sulfonamides is 1. The highest BCUT2D eigenvalue weighted by Gasteiger charge is 2.41. The maximum absolute atomic E-state index is 15.5. The van der Waals surface area contributed by atoms with Crippen LogP contribution in [0.4, 0.5) is 14.9 Å². The van der Waals surface area contributed by atoms with Crippen LogP contribution in [0.15, 0.2) is 35.2 Å². The average Bonchev–Trinajstić information content (AvgIpc) is 3.36. The summed E-state index contributed by atoms with van der Waals surface area (Å²) in [5.41, 5.74) is 6.54. The molecular weight excluding hydrogens is 653 g/mol. The molecule has 1 fully saturated rings. The van der Waals surface area contributed by atoms with Gasteiger partial charge >= 0.3 is 6.09 Å². The molecule has 2 aromatic rings. The molecule has 2 aromatic carbocycles. The Bertz CT molecular complexity index is 1550. The standard InChI is InChI=1S/C32H43ClFN5O7S/c1-32(2,3)46-31(40)38-22-6-5-11-39(20-22)28-19-24-25(16-21(33)17-27(24)36-4)30(28)45-29-8-7-23(18-26(29)34)47(41,42)37-10-13-44-15-14-43-12-9-35/h7-8,16-18,22,28,30,37H,5-6,9-15,19-20,35H2,1-3H3,(H,38,40)/t22-,28+,30+/m1/s1. The first kappa shape index (κ1) is 36.8. The van der Waals surface area contributed by atoms with Gasteiger partial charge in [0.05, 0.1) is 43.9 Å². The van der Waals surface area contributed by atoms with Gasteiger partial charge in [-0.15, -0.1) is 0 Å². The molecule has 2 aliphatic rings. The van der Waals surface area contributed by atoms with Crippen molar-refractivity contribution < 1.29 is 36.6 Å². The molecule has 0 bridgehead atoms. The zero-order valence-electron chi connectivity index (χ0n) is 26.9. The molecule has 0 spiro atoms. The zero-order valence-corrected chi connectivity index (χ0v) is 28.5. The molecule has 0 saturated carbocycles. The number of piperidine rings is 1. The third-order valence-electron chi connectivity index (χ3n) is 7.70. The van der Waals surface area contributed by atoms with Crippen molar-refractivity contribution in [1.82, 2.24) is 14.9 Å². The number of nitrogens with zero attached hydrogens (tertiary/aromatic N) is 2. The Labute approximate surface area is 280 Å². The van der Waals surface area contributed by atoms with Gasteiger partial charge in [-0.05, 0) is 88.0 Å². The number of carbonyl (C=O) groups is 1. The van der Waals surface area contributed by atoms with Crippen molar-refractivity contribution in [1.29, 1.82) is 0 Å². The summed E-state index contributed by atoms with van der Waals surface area (Å²) in [5.74, 6) is -0.999. The van der Waals surface area contributed by atoms with Crippen molar-refractivity contribution in [2.45, 2.75) is 68.7 Å². The van der Waals surface area contributed by atoms with Crippen molar-refractivity contribution in [3.8, 4) is 5.75 Å². The molecule has 0 unspecified atom stereocenters. The number of carbonyl (C=O) groups excluding carboxylic acids is 1. The zero-order chi connectivity index (χ0) is 34.2. The highest BCUT2D eigenvalue weighted by molar-refractivity contribution is 7.89. The number of amides is 1. The lowest BCUT2D eigenvalue weighted by Crippen LogP contribution is -2.53. The number of hydrogen-bond acceptors (Lipinski definition) is 9. The van der Waals surface area contributed by atoms with E-state index < -0.39 is 33.6 Å². The van der Waals surface area contributed by atoms with E-state index in [0.29, 0.717) is 55.5 Å². The SMILES string of the molecule is [C-]#[N+]c1cc(Cl)cc2c1C[C@H](N1CCC[C@@H](NC(=O)OC(C)(C)C)C1)[C@H]2Oc1ccc(S(=O)(=O)NCCOCCOCCN)cc1F. The van der Waals surface area contributed by atoms with Gasteiger partial charge in [0.2, 0.25) is 10.0 Å². The van der Waals surface area contributed by atoms with Crippen molar-refractivity contribution in [3.05, 3.63) is 63.7 Å². The van der Waals surface area contributed by atoms with E-state index in [1.807, 2.05) is 0 Å². The lowest BCUT2D eigenvalue weighted by atomic mass is 10.0. The normalized spacial score (nSPS) is 20.0. The third kappa shape index (κ3) is 10.2. The predicted octanol–water partition coefficient (Wildman–Crippen LogP) is 4.33. The molecule has 15 heteroatoms. The summed E-state index contributed by atoms with van der Waals surface area (Å²) >= 11 is 6.39. The molecule has 47 heavy (non-hydrogen) atoms. The fourth-order valence-corrected chi connectivity index (χ4v) is 6.97. The molecule has 12 nitrogen and oxygen atoms in total. The minimum Gasteiger partial charge on any atom is -0.481 e. The highest BCUT2D eigenvalue weighted by Crippen LogP contribution is 2.44. The summed E-state index contributed by atoms with van der Waals surface area (Å²) in [7, 11) is -4.02. The number of nitrogens with two attached hydrogens (primary N) is 1. The number of alkyl carbamates (subject to hydrolysis) is 1. The second kappa shape index (κ2) is 16.4. The quantitative estimate of drug-likeness (QED) is 0.194. The summed E-state index contributed by atoms with van der Waals surface area (Å²) in [6, 6.07) is 6.31. The molecule has 4 N–H and O–H groups in total. The first-order valence-corrected chi connectivity index (χ1v) is 17.4. The van der Waals surface area contributed by atoms with E-state index in [9.17, 15) is 13.2 Å². The van der Waals surface area contributed by atoms with Gasteiger partial charge in [-0.3, -0.25) is 4.90 Å². The van der Waals surface area contributed by atoms with E-state index in [2.05, 4.69) is 19.8 Å². The smallest absolute Gasteiger partial charge is 0.407 e. The van der Waals surface area contributed by atoms with Gasteiger partial charge in [0, 0.05) is 30.7 Å². The number of hydrogen-bond donors (Lipinski definition) is 3. The molecule has 1 aliphatic heterocycles. The van der Waals surface area contributed by atoms with Crippen LogP contribution in [0.25, 0.3) is 4.85 Å². The number of benzene rings is 2. The van der Waals surface area contributed by atoms with Crippen molar-refractivity contribution >= 4 is 33.4 Å². The number of fused-ring (bicyclic) bond motifs is 1. The Kier molecular flexibility index (Phi) is 12.8. The van der Waals surface area contributed by atoms with Crippen LogP contribution in [-0.2, 0) is 30.7 Å².